The first-order valence-electron chi connectivity index (χ1n) is 5.95. The van der Waals surface area contributed by atoms with Crippen molar-refractivity contribution in [2.75, 3.05) is 20.1 Å². The predicted octanol–water partition coefficient (Wildman–Crippen LogP) is 1.28. The van der Waals surface area contributed by atoms with E-state index in [-0.39, 0.29) is 6.04 Å². The molecule has 88 valence electrons. The Morgan fingerprint density at radius 2 is 1.87 bits per heavy atom. The van der Waals surface area contributed by atoms with Crippen LogP contribution in [0.15, 0.2) is 0 Å². The Morgan fingerprint density at radius 1 is 1.33 bits per heavy atom. The van der Waals surface area contributed by atoms with Gasteiger partial charge in [0, 0.05) is 6.04 Å². The van der Waals surface area contributed by atoms with Gasteiger partial charge in [0.1, 0.15) is 5.78 Å². The van der Waals surface area contributed by atoms with Gasteiger partial charge >= 0.3 is 0 Å². The van der Waals surface area contributed by atoms with Gasteiger partial charge in [-0.05, 0) is 45.8 Å². The van der Waals surface area contributed by atoms with E-state index in [0.29, 0.717) is 17.7 Å². The quantitative estimate of drug-likeness (QED) is 0.762. The van der Waals surface area contributed by atoms with Crippen LogP contribution in [0.25, 0.3) is 0 Å². The molecular weight excluding hydrogens is 188 g/mol. The molecule has 1 rings (SSSR count). The molecule has 1 atom stereocenters. The van der Waals surface area contributed by atoms with E-state index in [4.69, 9.17) is 0 Å². The van der Waals surface area contributed by atoms with Crippen LogP contribution in [0.2, 0.25) is 0 Å². The Morgan fingerprint density at radius 3 is 2.27 bits per heavy atom. The third-order valence-corrected chi connectivity index (χ3v) is 3.19. The number of Topliss-reactive ketones (excluding diaryl/α,β-unsaturated/α-hetero) is 1. The van der Waals surface area contributed by atoms with E-state index in [1.165, 1.54) is 0 Å². The van der Waals surface area contributed by atoms with Crippen molar-refractivity contribution in [1.82, 2.24) is 10.2 Å². The van der Waals surface area contributed by atoms with Crippen molar-refractivity contribution < 1.29 is 4.79 Å². The Bertz CT molecular complexity index is 208. The van der Waals surface area contributed by atoms with Gasteiger partial charge in [0.2, 0.25) is 0 Å². The fraction of sp³-hybridized carbons (Fsp3) is 0.917. The second-order valence-electron chi connectivity index (χ2n) is 5.05. The smallest absolute Gasteiger partial charge is 0.146 e. The highest BCUT2D eigenvalue weighted by Crippen LogP contribution is 2.20. The molecular formula is C12H24N2O. The Kier molecular flexibility index (Phi) is 4.74. The van der Waals surface area contributed by atoms with Gasteiger partial charge in [-0.1, -0.05) is 13.8 Å². The first-order valence-corrected chi connectivity index (χ1v) is 5.95. The SMILES string of the molecule is CC(=O)C(NC(C)C)C1CCN(C)CC1. The Hall–Kier alpha value is -0.410. The summed E-state index contributed by atoms with van der Waals surface area (Å²) in [5.74, 6) is 0.819. The van der Waals surface area contributed by atoms with Gasteiger partial charge in [0.05, 0.1) is 6.04 Å². The van der Waals surface area contributed by atoms with E-state index in [2.05, 4.69) is 31.1 Å². The van der Waals surface area contributed by atoms with Crippen molar-refractivity contribution in [3.8, 4) is 0 Å². The lowest BCUT2D eigenvalue weighted by Gasteiger charge is -2.34. The number of nitrogens with zero attached hydrogens (tertiary/aromatic N) is 1. The zero-order valence-electron chi connectivity index (χ0n) is 10.4. The van der Waals surface area contributed by atoms with Crippen molar-refractivity contribution in [3.63, 3.8) is 0 Å². The van der Waals surface area contributed by atoms with Crippen LogP contribution in [-0.4, -0.2) is 42.9 Å². The molecule has 0 aromatic rings. The first kappa shape index (κ1) is 12.7. The maximum absolute atomic E-state index is 11.6. The molecule has 0 radical (unpaired) electrons. The Balaban J connectivity index is 2.52. The summed E-state index contributed by atoms with van der Waals surface area (Å²) in [6.45, 7) is 8.15. The fourth-order valence-electron chi connectivity index (χ4n) is 2.31. The van der Waals surface area contributed by atoms with Crippen molar-refractivity contribution in [2.45, 2.75) is 45.7 Å². The molecule has 3 heteroatoms. The number of likely N-dealkylation sites (tertiary alicyclic amines) is 1. The molecule has 1 fully saturated rings. The lowest BCUT2D eigenvalue weighted by atomic mass is 9.87. The zero-order chi connectivity index (χ0) is 11.4. The molecule has 3 nitrogen and oxygen atoms in total. The van der Waals surface area contributed by atoms with E-state index in [0.717, 1.165) is 25.9 Å². The maximum Gasteiger partial charge on any atom is 0.146 e. The lowest BCUT2D eigenvalue weighted by Crippen LogP contribution is -2.48. The van der Waals surface area contributed by atoms with Crippen molar-refractivity contribution >= 4 is 5.78 Å². The van der Waals surface area contributed by atoms with E-state index in [9.17, 15) is 4.79 Å². The lowest BCUT2D eigenvalue weighted by molar-refractivity contribution is -0.120. The summed E-state index contributed by atoms with van der Waals surface area (Å²) >= 11 is 0. The molecule has 0 bridgehead atoms. The predicted molar refractivity (Wildman–Crippen MR) is 63.0 cm³/mol. The molecule has 0 aromatic carbocycles. The third-order valence-electron chi connectivity index (χ3n) is 3.19. The number of piperidine rings is 1. The average molecular weight is 212 g/mol. The van der Waals surface area contributed by atoms with Crippen LogP contribution < -0.4 is 5.32 Å². The van der Waals surface area contributed by atoms with E-state index in [1.54, 1.807) is 6.92 Å². The molecule has 1 aliphatic rings. The second kappa shape index (κ2) is 5.61. The van der Waals surface area contributed by atoms with Gasteiger partial charge in [-0.25, -0.2) is 0 Å². The van der Waals surface area contributed by atoms with Gasteiger partial charge in [-0.15, -0.1) is 0 Å². The van der Waals surface area contributed by atoms with Gasteiger partial charge in [-0.2, -0.15) is 0 Å². The van der Waals surface area contributed by atoms with Crippen LogP contribution in [0.5, 0.6) is 0 Å². The van der Waals surface area contributed by atoms with Crippen LogP contribution in [-0.2, 0) is 4.79 Å². The van der Waals surface area contributed by atoms with Crippen molar-refractivity contribution in [3.05, 3.63) is 0 Å². The molecule has 1 heterocycles. The summed E-state index contributed by atoms with van der Waals surface area (Å²) in [6.07, 6.45) is 2.28. The van der Waals surface area contributed by atoms with Gasteiger partial charge < -0.3 is 10.2 Å². The number of hydrogen-bond donors (Lipinski definition) is 1. The van der Waals surface area contributed by atoms with Crippen LogP contribution in [0.3, 0.4) is 0 Å². The van der Waals surface area contributed by atoms with E-state index >= 15 is 0 Å². The molecule has 0 spiro atoms. The highest BCUT2D eigenvalue weighted by molar-refractivity contribution is 5.81. The number of ketones is 1. The minimum absolute atomic E-state index is 0.0682. The normalized spacial score (nSPS) is 21.9. The average Bonchev–Trinajstić information content (AvgIpc) is 2.15. The molecule has 0 aromatic heterocycles. The fourth-order valence-corrected chi connectivity index (χ4v) is 2.31. The standard InChI is InChI=1S/C12H24N2O/c1-9(2)13-12(10(3)15)11-5-7-14(4)8-6-11/h9,11-13H,5-8H2,1-4H3. The van der Waals surface area contributed by atoms with Crippen LogP contribution >= 0.6 is 0 Å². The van der Waals surface area contributed by atoms with Crippen molar-refractivity contribution in [2.24, 2.45) is 5.92 Å². The summed E-state index contributed by atoms with van der Waals surface area (Å²) in [6, 6.07) is 0.456. The molecule has 0 saturated carbocycles. The number of carbonyl (C=O) groups excluding carboxylic acids is 1. The monoisotopic (exact) mass is 212 g/mol. The molecule has 0 aliphatic carbocycles. The topological polar surface area (TPSA) is 32.3 Å². The van der Waals surface area contributed by atoms with Crippen LogP contribution in [0.1, 0.15) is 33.6 Å². The summed E-state index contributed by atoms with van der Waals surface area (Å²) in [5, 5.41) is 3.40. The molecule has 1 N–H and O–H groups in total. The second-order valence-corrected chi connectivity index (χ2v) is 5.05. The third kappa shape index (κ3) is 3.92. The molecule has 1 saturated heterocycles. The van der Waals surface area contributed by atoms with Crippen LogP contribution in [0.4, 0.5) is 0 Å². The van der Waals surface area contributed by atoms with E-state index < -0.39 is 0 Å². The maximum atomic E-state index is 11.6. The number of hydrogen-bond acceptors (Lipinski definition) is 3. The van der Waals surface area contributed by atoms with E-state index in [1.807, 2.05) is 0 Å². The number of carbonyl (C=O) groups is 1. The highest BCUT2D eigenvalue weighted by Gasteiger charge is 2.28. The summed E-state index contributed by atoms with van der Waals surface area (Å²) in [4.78, 5) is 13.9. The summed E-state index contributed by atoms with van der Waals surface area (Å²) < 4.78 is 0. The zero-order valence-corrected chi connectivity index (χ0v) is 10.4. The first-order chi connectivity index (χ1) is 7.00. The summed E-state index contributed by atoms with van der Waals surface area (Å²) in [5.41, 5.74) is 0. The molecule has 15 heavy (non-hydrogen) atoms. The largest absolute Gasteiger partial charge is 0.306 e. The summed E-state index contributed by atoms with van der Waals surface area (Å²) in [7, 11) is 2.15. The molecule has 1 aliphatic heterocycles. The van der Waals surface area contributed by atoms with Crippen LogP contribution in [0, 0.1) is 5.92 Å². The number of rotatable bonds is 4. The molecule has 0 amide bonds. The Labute approximate surface area is 93.2 Å². The van der Waals surface area contributed by atoms with Gasteiger partial charge in [0.15, 0.2) is 0 Å². The van der Waals surface area contributed by atoms with Crippen molar-refractivity contribution in [1.29, 1.82) is 0 Å². The van der Waals surface area contributed by atoms with Gasteiger partial charge in [0.25, 0.3) is 0 Å². The number of nitrogens with one attached hydrogen (secondary N) is 1. The molecule has 1 unspecified atom stereocenters. The minimum atomic E-state index is 0.0682. The minimum Gasteiger partial charge on any atom is -0.306 e. The van der Waals surface area contributed by atoms with Gasteiger partial charge in [-0.3, -0.25) is 4.79 Å². The highest BCUT2D eigenvalue weighted by atomic mass is 16.1.